The van der Waals surface area contributed by atoms with Gasteiger partial charge in [-0.2, -0.15) is 8.42 Å². The molecule has 8 nitrogen and oxygen atoms in total. The van der Waals surface area contributed by atoms with Gasteiger partial charge in [-0.3, -0.25) is 4.72 Å². The fraction of sp³-hybridized carbons (Fsp3) is 0.100. The van der Waals surface area contributed by atoms with E-state index in [2.05, 4.69) is 21.5 Å². The zero-order valence-electron chi connectivity index (χ0n) is 15.9. The van der Waals surface area contributed by atoms with Crippen LogP contribution in [0.5, 0.6) is 11.5 Å². The summed E-state index contributed by atoms with van der Waals surface area (Å²) in [5.74, 6) is 5.27. The number of carboxylic acids is 1. The lowest BCUT2D eigenvalue weighted by Gasteiger charge is -2.11. The monoisotopic (exact) mass is 444 g/mol. The standard InChI is InChI=1S/C20H16N2O6S2/c1-27-16-6-4-3-5-13(16)8-10-18-21-19(12-29-18)30(25,26)22-15-9-7-14(20(23)24)11-17(15)28-2/h3-7,9,11-12,22H,1-2H3,(H,23,24). The van der Waals surface area contributed by atoms with Gasteiger partial charge in [-0.05, 0) is 36.3 Å². The predicted molar refractivity (Wildman–Crippen MR) is 112 cm³/mol. The Kier molecular flexibility index (Phi) is 6.25. The van der Waals surface area contributed by atoms with Crippen molar-refractivity contribution in [2.75, 3.05) is 18.9 Å². The number of nitrogens with one attached hydrogen (secondary N) is 1. The molecule has 0 fully saturated rings. The van der Waals surface area contributed by atoms with Crippen LogP contribution >= 0.6 is 11.3 Å². The van der Waals surface area contributed by atoms with E-state index in [1.165, 1.54) is 37.8 Å². The number of para-hydroxylation sites is 1. The molecular weight excluding hydrogens is 428 g/mol. The Hall–Kier alpha value is -3.55. The average Bonchev–Trinajstić information content (AvgIpc) is 3.22. The minimum Gasteiger partial charge on any atom is -0.495 e. The van der Waals surface area contributed by atoms with E-state index in [1.807, 2.05) is 12.1 Å². The second-order valence-corrected chi connectivity index (χ2v) is 8.25. The van der Waals surface area contributed by atoms with Gasteiger partial charge in [-0.1, -0.05) is 18.1 Å². The molecule has 0 spiro atoms. The van der Waals surface area contributed by atoms with Gasteiger partial charge in [0.05, 0.1) is 31.0 Å². The number of aromatic carboxylic acids is 1. The van der Waals surface area contributed by atoms with Crippen LogP contribution in [0.3, 0.4) is 0 Å². The van der Waals surface area contributed by atoms with Gasteiger partial charge in [-0.25, -0.2) is 9.78 Å². The molecule has 0 amide bonds. The highest BCUT2D eigenvalue weighted by atomic mass is 32.2. The number of hydrogen-bond donors (Lipinski definition) is 2. The van der Waals surface area contributed by atoms with Crippen LogP contribution in [0.1, 0.15) is 20.9 Å². The lowest BCUT2D eigenvalue weighted by molar-refractivity contribution is 0.0696. The highest BCUT2D eigenvalue weighted by Gasteiger charge is 2.20. The van der Waals surface area contributed by atoms with Gasteiger partial charge < -0.3 is 14.6 Å². The number of sulfonamides is 1. The number of anilines is 1. The molecule has 0 unspecified atom stereocenters. The summed E-state index contributed by atoms with van der Waals surface area (Å²) in [6.45, 7) is 0. The maximum Gasteiger partial charge on any atom is 0.335 e. The largest absolute Gasteiger partial charge is 0.495 e. The molecule has 3 aromatic rings. The number of nitrogens with zero attached hydrogens (tertiary/aromatic N) is 1. The van der Waals surface area contributed by atoms with E-state index < -0.39 is 16.0 Å². The maximum absolute atomic E-state index is 12.7. The van der Waals surface area contributed by atoms with Crippen LogP contribution in [0.15, 0.2) is 52.9 Å². The summed E-state index contributed by atoms with van der Waals surface area (Å²) in [6.07, 6.45) is 0. The first-order valence-corrected chi connectivity index (χ1v) is 10.7. The van der Waals surface area contributed by atoms with Gasteiger partial charge >= 0.3 is 5.97 Å². The average molecular weight is 444 g/mol. The molecule has 1 heterocycles. The maximum atomic E-state index is 12.7. The number of ether oxygens (including phenoxy) is 2. The van der Waals surface area contributed by atoms with Crippen LogP contribution in [0.2, 0.25) is 0 Å². The van der Waals surface area contributed by atoms with Crippen LogP contribution in [-0.2, 0) is 10.0 Å². The third kappa shape index (κ3) is 4.71. The molecule has 0 saturated heterocycles. The summed E-state index contributed by atoms with van der Waals surface area (Å²) < 4.78 is 38.0. The van der Waals surface area contributed by atoms with Gasteiger partial charge in [-0.15, -0.1) is 11.3 Å². The summed E-state index contributed by atoms with van der Waals surface area (Å²) in [7, 11) is -1.17. The van der Waals surface area contributed by atoms with Crippen molar-refractivity contribution < 1.29 is 27.8 Å². The Morgan fingerprint density at radius 2 is 1.83 bits per heavy atom. The van der Waals surface area contributed by atoms with Crippen LogP contribution in [-0.4, -0.2) is 38.7 Å². The van der Waals surface area contributed by atoms with Crippen molar-refractivity contribution in [3.63, 3.8) is 0 Å². The van der Waals surface area contributed by atoms with Crippen LogP contribution < -0.4 is 14.2 Å². The number of hydrogen-bond acceptors (Lipinski definition) is 7. The minimum atomic E-state index is -4.02. The van der Waals surface area contributed by atoms with Crippen LogP contribution in [0, 0.1) is 11.8 Å². The Labute approximate surface area is 177 Å². The number of thiazole rings is 1. The number of carbonyl (C=O) groups is 1. The second-order valence-electron chi connectivity index (χ2n) is 5.77. The van der Waals surface area contributed by atoms with E-state index in [0.29, 0.717) is 16.3 Å². The molecule has 0 radical (unpaired) electrons. The Morgan fingerprint density at radius 1 is 1.10 bits per heavy atom. The molecule has 0 atom stereocenters. The van der Waals surface area contributed by atoms with Crippen molar-refractivity contribution in [3.05, 3.63) is 64.0 Å². The van der Waals surface area contributed by atoms with E-state index >= 15 is 0 Å². The summed E-state index contributed by atoms with van der Waals surface area (Å²) in [5.41, 5.74) is 0.718. The van der Waals surface area contributed by atoms with Gasteiger partial charge in [0.15, 0.2) is 10.0 Å². The van der Waals surface area contributed by atoms with Gasteiger partial charge in [0.25, 0.3) is 10.0 Å². The second kappa shape index (κ2) is 8.86. The van der Waals surface area contributed by atoms with E-state index in [4.69, 9.17) is 14.6 Å². The summed E-state index contributed by atoms with van der Waals surface area (Å²) in [6, 6.07) is 11.0. The van der Waals surface area contributed by atoms with Crippen molar-refractivity contribution in [2.45, 2.75) is 5.03 Å². The van der Waals surface area contributed by atoms with Crippen molar-refractivity contribution in [1.29, 1.82) is 0 Å². The van der Waals surface area contributed by atoms with E-state index in [-0.39, 0.29) is 22.0 Å². The SMILES string of the molecule is COc1ccccc1C#Cc1nc(S(=O)(=O)Nc2ccc(C(=O)O)cc2OC)cs1. The third-order valence-corrected chi connectivity index (χ3v) is 6.02. The highest BCUT2D eigenvalue weighted by molar-refractivity contribution is 7.92. The van der Waals surface area contributed by atoms with Crippen LogP contribution in [0.25, 0.3) is 0 Å². The summed E-state index contributed by atoms with van der Waals surface area (Å²) in [5, 5.41) is 10.5. The smallest absolute Gasteiger partial charge is 0.335 e. The first-order chi connectivity index (χ1) is 14.3. The van der Waals surface area contributed by atoms with E-state index in [1.54, 1.807) is 12.1 Å². The molecule has 0 aliphatic heterocycles. The quantitative estimate of drug-likeness (QED) is 0.562. The molecule has 2 aromatic carbocycles. The molecule has 0 aliphatic rings. The fourth-order valence-corrected chi connectivity index (χ4v) is 4.42. The molecule has 1 aromatic heterocycles. The first kappa shape index (κ1) is 21.2. The summed E-state index contributed by atoms with van der Waals surface area (Å²) in [4.78, 5) is 15.1. The number of rotatable bonds is 6. The Bertz CT molecular complexity index is 1260. The fourth-order valence-electron chi connectivity index (χ4n) is 2.41. The van der Waals surface area contributed by atoms with Crippen molar-refractivity contribution >= 4 is 33.0 Å². The highest BCUT2D eigenvalue weighted by Crippen LogP contribution is 2.28. The molecular formula is C20H16N2O6S2. The summed E-state index contributed by atoms with van der Waals surface area (Å²) >= 11 is 1.08. The molecule has 0 saturated carbocycles. The molecule has 154 valence electrons. The zero-order chi connectivity index (χ0) is 21.7. The van der Waals surface area contributed by atoms with Gasteiger partial charge in [0.2, 0.25) is 0 Å². The number of carboxylic acid groups (broad SMARTS) is 1. The van der Waals surface area contributed by atoms with Gasteiger partial charge in [0.1, 0.15) is 11.5 Å². The first-order valence-electron chi connectivity index (χ1n) is 8.39. The third-order valence-electron chi connectivity index (χ3n) is 3.86. The molecule has 3 rings (SSSR count). The number of methoxy groups -OCH3 is 2. The van der Waals surface area contributed by atoms with E-state index in [9.17, 15) is 13.2 Å². The Morgan fingerprint density at radius 3 is 2.53 bits per heavy atom. The van der Waals surface area contributed by atoms with Crippen molar-refractivity contribution in [2.24, 2.45) is 0 Å². The Balaban J connectivity index is 1.85. The minimum absolute atomic E-state index is 0.0302. The predicted octanol–water partition coefficient (Wildman–Crippen LogP) is 3.06. The molecule has 0 aliphatic carbocycles. The number of aromatic nitrogens is 1. The van der Waals surface area contributed by atoms with Gasteiger partial charge in [0, 0.05) is 5.38 Å². The normalized spacial score (nSPS) is 10.6. The van der Waals surface area contributed by atoms with Crippen molar-refractivity contribution in [3.8, 4) is 23.3 Å². The molecule has 0 bridgehead atoms. The van der Waals surface area contributed by atoms with E-state index in [0.717, 1.165) is 11.3 Å². The molecule has 10 heteroatoms. The molecule has 30 heavy (non-hydrogen) atoms. The number of benzene rings is 2. The lowest BCUT2D eigenvalue weighted by atomic mass is 10.2. The molecule has 2 N–H and O–H groups in total. The lowest BCUT2D eigenvalue weighted by Crippen LogP contribution is -2.14. The van der Waals surface area contributed by atoms with Crippen LogP contribution in [0.4, 0.5) is 5.69 Å². The zero-order valence-corrected chi connectivity index (χ0v) is 17.5. The topological polar surface area (TPSA) is 115 Å². The van der Waals surface area contributed by atoms with Crippen molar-refractivity contribution in [1.82, 2.24) is 4.98 Å².